The van der Waals surface area contributed by atoms with Gasteiger partial charge in [-0.25, -0.2) is 0 Å². The Morgan fingerprint density at radius 1 is 1.05 bits per heavy atom. The molecule has 19 heavy (non-hydrogen) atoms. The van der Waals surface area contributed by atoms with Gasteiger partial charge in [0.2, 0.25) is 0 Å². The smallest absolute Gasteiger partial charge is 0.162 e. The lowest BCUT2D eigenvalue weighted by Gasteiger charge is -2.16. The molecular formula is C15H24N2O2. The van der Waals surface area contributed by atoms with Gasteiger partial charge in [-0.05, 0) is 18.3 Å². The Labute approximate surface area is 115 Å². The van der Waals surface area contributed by atoms with Crippen LogP contribution in [0.2, 0.25) is 0 Å². The summed E-state index contributed by atoms with van der Waals surface area (Å²) in [7, 11) is 3.33. The standard InChI is InChI=1S/C15H24N2O2/c1-10(2)5-11-8-16-12-6-14(18-3)15(19-4)7-13(12)17-9-11/h6-7,10-11,16-17H,5,8-9H2,1-4H3. The Bertz CT molecular complexity index is 397. The number of fused-ring (bicyclic) bond motifs is 1. The highest BCUT2D eigenvalue weighted by molar-refractivity contribution is 5.74. The normalized spacial score (nSPS) is 15.2. The average Bonchev–Trinajstić information content (AvgIpc) is 2.59. The van der Waals surface area contributed by atoms with Crippen molar-refractivity contribution in [2.75, 3.05) is 37.9 Å². The van der Waals surface area contributed by atoms with Crippen LogP contribution in [0.25, 0.3) is 0 Å². The van der Waals surface area contributed by atoms with Crippen molar-refractivity contribution in [3.05, 3.63) is 12.1 Å². The summed E-state index contributed by atoms with van der Waals surface area (Å²) in [5.41, 5.74) is 2.17. The third-order valence-corrected chi connectivity index (χ3v) is 3.49. The molecule has 1 aliphatic heterocycles. The lowest BCUT2D eigenvalue weighted by molar-refractivity contribution is 0.355. The molecule has 0 spiro atoms. The van der Waals surface area contributed by atoms with Gasteiger partial charge in [0.25, 0.3) is 0 Å². The number of ether oxygens (including phenoxy) is 2. The maximum absolute atomic E-state index is 5.34. The predicted molar refractivity (Wildman–Crippen MR) is 79.5 cm³/mol. The van der Waals surface area contributed by atoms with E-state index in [9.17, 15) is 0 Å². The van der Waals surface area contributed by atoms with Crippen LogP contribution in [0.4, 0.5) is 11.4 Å². The molecule has 0 radical (unpaired) electrons. The van der Waals surface area contributed by atoms with Crippen molar-refractivity contribution < 1.29 is 9.47 Å². The minimum atomic E-state index is 0.643. The van der Waals surface area contributed by atoms with E-state index in [1.54, 1.807) is 14.2 Å². The molecule has 4 nitrogen and oxygen atoms in total. The first-order valence-electron chi connectivity index (χ1n) is 6.87. The number of methoxy groups -OCH3 is 2. The molecule has 1 aromatic carbocycles. The monoisotopic (exact) mass is 264 g/mol. The highest BCUT2D eigenvalue weighted by Gasteiger charge is 2.18. The largest absolute Gasteiger partial charge is 0.493 e. The molecule has 0 aromatic heterocycles. The molecule has 1 heterocycles. The lowest BCUT2D eigenvalue weighted by Crippen LogP contribution is -2.20. The SMILES string of the molecule is COc1cc2c(cc1OC)NCC(CC(C)C)CN2. The number of hydrogen-bond donors (Lipinski definition) is 2. The number of benzene rings is 1. The molecule has 0 fully saturated rings. The van der Waals surface area contributed by atoms with E-state index in [1.807, 2.05) is 12.1 Å². The maximum Gasteiger partial charge on any atom is 0.162 e. The number of hydrogen-bond acceptors (Lipinski definition) is 4. The second kappa shape index (κ2) is 6.04. The summed E-state index contributed by atoms with van der Waals surface area (Å²) < 4.78 is 10.7. The van der Waals surface area contributed by atoms with Gasteiger partial charge in [-0.2, -0.15) is 0 Å². The Morgan fingerprint density at radius 3 is 1.89 bits per heavy atom. The fourth-order valence-corrected chi connectivity index (χ4v) is 2.59. The van der Waals surface area contributed by atoms with Gasteiger partial charge in [-0.15, -0.1) is 0 Å². The van der Waals surface area contributed by atoms with Crippen LogP contribution in [0.1, 0.15) is 20.3 Å². The first kappa shape index (κ1) is 13.8. The van der Waals surface area contributed by atoms with Crippen molar-refractivity contribution in [3.8, 4) is 11.5 Å². The highest BCUT2D eigenvalue weighted by Crippen LogP contribution is 2.37. The van der Waals surface area contributed by atoms with Crippen LogP contribution in [0.3, 0.4) is 0 Å². The molecule has 0 atom stereocenters. The summed E-state index contributed by atoms with van der Waals surface area (Å²) in [6.45, 7) is 6.52. The Morgan fingerprint density at radius 2 is 1.53 bits per heavy atom. The summed E-state index contributed by atoms with van der Waals surface area (Å²) in [4.78, 5) is 0. The molecule has 4 heteroatoms. The quantitative estimate of drug-likeness (QED) is 0.876. The lowest BCUT2D eigenvalue weighted by atomic mass is 9.97. The Hall–Kier alpha value is -1.58. The van der Waals surface area contributed by atoms with Crippen LogP contribution in [0.5, 0.6) is 11.5 Å². The van der Waals surface area contributed by atoms with Crippen molar-refractivity contribution >= 4 is 11.4 Å². The molecule has 0 amide bonds. The first-order chi connectivity index (χ1) is 9.13. The third-order valence-electron chi connectivity index (χ3n) is 3.49. The Kier molecular flexibility index (Phi) is 4.40. The summed E-state index contributed by atoms with van der Waals surface area (Å²) >= 11 is 0. The second-order valence-corrected chi connectivity index (χ2v) is 5.51. The first-order valence-corrected chi connectivity index (χ1v) is 6.87. The van der Waals surface area contributed by atoms with Crippen LogP contribution in [-0.2, 0) is 0 Å². The maximum atomic E-state index is 5.34. The predicted octanol–water partition coefficient (Wildman–Crippen LogP) is 3.20. The van der Waals surface area contributed by atoms with Crippen LogP contribution in [0.15, 0.2) is 12.1 Å². The van der Waals surface area contributed by atoms with Crippen molar-refractivity contribution in [3.63, 3.8) is 0 Å². The summed E-state index contributed by atoms with van der Waals surface area (Å²) in [5.74, 6) is 2.89. The number of nitrogens with one attached hydrogen (secondary N) is 2. The highest BCUT2D eigenvalue weighted by atomic mass is 16.5. The van der Waals surface area contributed by atoms with Crippen LogP contribution in [0, 0.1) is 11.8 Å². The molecule has 106 valence electrons. The zero-order valence-electron chi connectivity index (χ0n) is 12.2. The molecule has 0 saturated heterocycles. The van der Waals surface area contributed by atoms with Crippen LogP contribution in [-0.4, -0.2) is 27.3 Å². The molecule has 0 unspecified atom stereocenters. The number of anilines is 2. The van der Waals surface area contributed by atoms with Crippen molar-refractivity contribution in [1.29, 1.82) is 0 Å². The molecule has 0 saturated carbocycles. The minimum Gasteiger partial charge on any atom is -0.493 e. The second-order valence-electron chi connectivity index (χ2n) is 5.51. The van der Waals surface area contributed by atoms with E-state index < -0.39 is 0 Å². The van der Waals surface area contributed by atoms with Crippen molar-refractivity contribution in [2.24, 2.45) is 11.8 Å². The van der Waals surface area contributed by atoms with E-state index >= 15 is 0 Å². The van der Waals surface area contributed by atoms with Gasteiger partial charge < -0.3 is 20.1 Å². The van der Waals surface area contributed by atoms with Crippen LogP contribution >= 0.6 is 0 Å². The fraction of sp³-hybridized carbons (Fsp3) is 0.600. The van der Waals surface area contributed by atoms with E-state index in [4.69, 9.17) is 9.47 Å². The molecule has 0 aliphatic carbocycles. The van der Waals surface area contributed by atoms with Gasteiger partial charge in [-0.1, -0.05) is 13.8 Å². The van der Waals surface area contributed by atoms with Gasteiger partial charge in [-0.3, -0.25) is 0 Å². The molecule has 1 aliphatic rings. The summed E-state index contributed by atoms with van der Waals surface area (Å²) in [6, 6.07) is 4.00. The molecular weight excluding hydrogens is 240 g/mol. The van der Waals surface area contributed by atoms with E-state index in [0.29, 0.717) is 5.92 Å². The minimum absolute atomic E-state index is 0.643. The van der Waals surface area contributed by atoms with E-state index in [1.165, 1.54) is 6.42 Å². The molecule has 2 N–H and O–H groups in total. The third kappa shape index (κ3) is 3.25. The summed E-state index contributed by atoms with van der Waals surface area (Å²) in [5, 5.41) is 7.02. The zero-order chi connectivity index (χ0) is 13.8. The van der Waals surface area contributed by atoms with Gasteiger partial charge >= 0.3 is 0 Å². The zero-order valence-corrected chi connectivity index (χ0v) is 12.2. The van der Waals surface area contributed by atoms with Gasteiger partial charge in [0, 0.05) is 25.2 Å². The van der Waals surface area contributed by atoms with Gasteiger partial charge in [0.05, 0.1) is 25.6 Å². The van der Waals surface area contributed by atoms with E-state index in [-0.39, 0.29) is 0 Å². The van der Waals surface area contributed by atoms with Crippen LogP contribution < -0.4 is 20.1 Å². The van der Waals surface area contributed by atoms with E-state index in [0.717, 1.165) is 41.9 Å². The molecule has 1 aromatic rings. The Balaban J connectivity index is 2.18. The number of rotatable bonds is 4. The van der Waals surface area contributed by atoms with Gasteiger partial charge in [0.1, 0.15) is 0 Å². The fourth-order valence-electron chi connectivity index (χ4n) is 2.59. The van der Waals surface area contributed by atoms with Crippen molar-refractivity contribution in [2.45, 2.75) is 20.3 Å². The summed E-state index contributed by atoms with van der Waals surface area (Å²) in [6.07, 6.45) is 1.22. The molecule has 2 rings (SSSR count). The average molecular weight is 264 g/mol. The molecule has 0 bridgehead atoms. The van der Waals surface area contributed by atoms with E-state index in [2.05, 4.69) is 24.5 Å². The topological polar surface area (TPSA) is 42.5 Å². The van der Waals surface area contributed by atoms with Crippen molar-refractivity contribution in [1.82, 2.24) is 0 Å². The van der Waals surface area contributed by atoms with Gasteiger partial charge in [0.15, 0.2) is 11.5 Å².